The summed E-state index contributed by atoms with van der Waals surface area (Å²) < 4.78 is 0. The monoisotopic (exact) mass is 377 g/mol. The number of nitro benzene ring substituents is 1. The van der Waals surface area contributed by atoms with Crippen molar-refractivity contribution >= 4 is 52.2 Å². The molecule has 25 heavy (non-hydrogen) atoms. The summed E-state index contributed by atoms with van der Waals surface area (Å²) >= 11 is 7.04. The van der Waals surface area contributed by atoms with Gasteiger partial charge in [0, 0.05) is 22.4 Å². The standard InChI is InChI=1S/C16H12ClN3O4S/c17-9-5-6-10(12(7-9)20(23)24)18-15(21)8-14-16(22)19-11-3-1-2-4-13(11)25-14/h1-7,14H,8H2,(H,18,21)(H,19,22). The van der Waals surface area contributed by atoms with Crippen LogP contribution in [0.3, 0.4) is 0 Å². The Kier molecular flexibility index (Phi) is 4.91. The fourth-order valence-electron chi connectivity index (χ4n) is 2.36. The van der Waals surface area contributed by atoms with Crippen LogP contribution in [-0.4, -0.2) is 22.0 Å². The fraction of sp³-hybridized carbons (Fsp3) is 0.125. The molecule has 2 aromatic rings. The molecule has 9 heteroatoms. The molecule has 2 amide bonds. The van der Waals surface area contributed by atoms with Crippen LogP contribution in [0.25, 0.3) is 0 Å². The van der Waals surface area contributed by atoms with Gasteiger partial charge in [-0.25, -0.2) is 0 Å². The lowest BCUT2D eigenvalue weighted by Crippen LogP contribution is -2.32. The fourth-order valence-corrected chi connectivity index (χ4v) is 3.63. The van der Waals surface area contributed by atoms with E-state index in [9.17, 15) is 19.7 Å². The molecule has 1 aliphatic heterocycles. The lowest BCUT2D eigenvalue weighted by atomic mass is 10.2. The van der Waals surface area contributed by atoms with Crippen molar-refractivity contribution in [2.75, 3.05) is 10.6 Å². The van der Waals surface area contributed by atoms with E-state index in [-0.39, 0.29) is 28.7 Å². The first-order chi connectivity index (χ1) is 11.9. The van der Waals surface area contributed by atoms with Crippen molar-refractivity contribution in [3.05, 3.63) is 57.6 Å². The van der Waals surface area contributed by atoms with E-state index in [2.05, 4.69) is 10.6 Å². The third-order valence-corrected chi connectivity index (χ3v) is 5.02. The molecule has 3 rings (SSSR count). The number of benzene rings is 2. The number of amides is 2. The summed E-state index contributed by atoms with van der Waals surface area (Å²) in [5.74, 6) is -0.762. The van der Waals surface area contributed by atoms with Gasteiger partial charge in [-0.05, 0) is 24.3 Å². The lowest BCUT2D eigenvalue weighted by molar-refractivity contribution is -0.383. The second-order valence-corrected chi connectivity index (χ2v) is 6.94. The van der Waals surface area contributed by atoms with Crippen LogP contribution in [0.15, 0.2) is 47.4 Å². The molecule has 1 unspecified atom stereocenters. The highest BCUT2D eigenvalue weighted by molar-refractivity contribution is 8.01. The third kappa shape index (κ3) is 3.92. The largest absolute Gasteiger partial charge is 0.324 e. The first-order valence-corrected chi connectivity index (χ1v) is 8.50. The summed E-state index contributed by atoms with van der Waals surface area (Å²) in [4.78, 5) is 35.7. The summed E-state index contributed by atoms with van der Waals surface area (Å²) in [5, 5.41) is 15.9. The molecule has 0 saturated carbocycles. The van der Waals surface area contributed by atoms with Crippen LogP contribution in [0.2, 0.25) is 5.02 Å². The molecule has 1 atom stereocenters. The predicted molar refractivity (Wildman–Crippen MR) is 96.1 cm³/mol. The number of anilines is 2. The Morgan fingerprint density at radius 3 is 2.84 bits per heavy atom. The third-order valence-electron chi connectivity index (χ3n) is 3.51. The van der Waals surface area contributed by atoms with Crippen molar-refractivity contribution in [1.29, 1.82) is 0 Å². The van der Waals surface area contributed by atoms with E-state index >= 15 is 0 Å². The summed E-state index contributed by atoms with van der Waals surface area (Å²) in [6.45, 7) is 0. The number of carbonyl (C=O) groups excluding carboxylic acids is 2. The second-order valence-electron chi connectivity index (χ2n) is 5.26. The topological polar surface area (TPSA) is 101 Å². The van der Waals surface area contributed by atoms with E-state index in [0.29, 0.717) is 5.69 Å². The zero-order chi connectivity index (χ0) is 18.0. The van der Waals surface area contributed by atoms with Crippen molar-refractivity contribution in [3.63, 3.8) is 0 Å². The number of hydrogen-bond acceptors (Lipinski definition) is 5. The molecule has 0 radical (unpaired) electrons. The van der Waals surface area contributed by atoms with Crippen LogP contribution in [0.5, 0.6) is 0 Å². The minimum Gasteiger partial charge on any atom is -0.324 e. The van der Waals surface area contributed by atoms with E-state index in [1.54, 1.807) is 6.07 Å². The number of nitro groups is 1. The van der Waals surface area contributed by atoms with Gasteiger partial charge in [0.15, 0.2) is 0 Å². The summed E-state index contributed by atoms with van der Waals surface area (Å²) in [7, 11) is 0. The van der Waals surface area contributed by atoms with E-state index in [4.69, 9.17) is 11.6 Å². The maximum Gasteiger partial charge on any atom is 0.294 e. The smallest absolute Gasteiger partial charge is 0.294 e. The Bertz CT molecular complexity index is 874. The van der Waals surface area contributed by atoms with Crippen LogP contribution < -0.4 is 10.6 Å². The zero-order valence-corrected chi connectivity index (χ0v) is 14.3. The molecule has 0 spiro atoms. The Balaban J connectivity index is 1.72. The molecule has 1 aliphatic rings. The van der Waals surface area contributed by atoms with Gasteiger partial charge in [-0.3, -0.25) is 19.7 Å². The Hall–Kier alpha value is -2.58. The molecule has 0 fully saturated rings. The average Bonchev–Trinajstić information content (AvgIpc) is 2.57. The van der Waals surface area contributed by atoms with Crippen molar-refractivity contribution in [3.8, 4) is 0 Å². The Labute approximate surface area is 151 Å². The van der Waals surface area contributed by atoms with E-state index < -0.39 is 16.1 Å². The molecule has 2 N–H and O–H groups in total. The van der Waals surface area contributed by atoms with Crippen LogP contribution in [-0.2, 0) is 9.59 Å². The van der Waals surface area contributed by atoms with Gasteiger partial charge in [-0.1, -0.05) is 23.7 Å². The molecule has 1 heterocycles. The number of rotatable bonds is 4. The van der Waals surface area contributed by atoms with Crippen molar-refractivity contribution in [1.82, 2.24) is 0 Å². The van der Waals surface area contributed by atoms with E-state index in [1.165, 1.54) is 23.9 Å². The molecule has 128 valence electrons. The van der Waals surface area contributed by atoms with Gasteiger partial charge in [-0.15, -0.1) is 11.8 Å². The summed E-state index contributed by atoms with van der Waals surface area (Å²) in [5.41, 5.74) is 0.454. The van der Waals surface area contributed by atoms with Crippen molar-refractivity contribution in [2.45, 2.75) is 16.6 Å². The minimum atomic E-state index is -0.625. The maximum absolute atomic E-state index is 12.2. The quantitative estimate of drug-likeness (QED) is 0.625. The van der Waals surface area contributed by atoms with Gasteiger partial charge in [0.25, 0.3) is 5.69 Å². The number of thioether (sulfide) groups is 1. The number of hydrogen-bond donors (Lipinski definition) is 2. The normalized spacial score (nSPS) is 15.9. The molecular weight excluding hydrogens is 366 g/mol. The van der Waals surface area contributed by atoms with Gasteiger partial charge >= 0.3 is 0 Å². The van der Waals surface area contributed by atoms with Crippen LogP contribution in [0.1, 0.15) is 6.42 Å². The van der Waals surface area contributed by atoms with Crippen LogP contribution in [0, 0.1) is 10.1 Å². The van der Waals surface area contributed by atoms with Gasteiger partial charge in [0.2, 0.25) is 11.8 Å². The highest BCUT2D eigenvalue weighted by Crippen LogP contribution is 2.37. The minimum absolute atomic E-state index is 0.0426. The highest BCUT2D eigenvalue weighted by Gasteiger charge is 2.29. The van der Waals surface area contributed by atoms with Gasteiger partial charge in [0.1, 0.15) is 5.69 Å². The van der Waals surface area contributed by atoms with E-state index in [0.717, 1.165) is 11.0 Å². The predicted octanol–water partition coefficient (Wildman–Crippen LogP) is 3.69. The molecule has 7 nitrogen and oxygen atoms in total. The molecule has 0 saturated heterocycles. The number of carbonyl (C=O) groups is 2. The van der Waals surface area contributed by atoms with Crippen LogP contribution >= 0.6 is 23.4 Å². The van der Waals surface area contributed by atoms with Crippen LogP contribution in [0.4, 0.5) is 17.1 Å². The number of nitrogens with one attached hydrogen (secondary N) is 2. The Morgan fingerprint density at radius 1 is 1.32 bits per heavy atom. The van der Waals surface area contributed by atoms with Crippen molar-refractivity contribution in [2.24, 2.45) is 0 Å². The number of nitrogens with zero attached hydrogens (tertiary/aromatic N) is 1. The molecule has 0 aromatic heterocycles. The van der Waals surface area contributed by atoms with E-state index in [1.807, 2.05) is 18.2 Å². The van der Waals surface area contributed by atoms with Crippen molar-refractivity contribution < 1.29 is 14.5 Å². The first-order valence-electron chi connectivity index (χ1n) is 7.24. The Morgan fingerprint density at radius 2 is 2.08 bits per heavy atom. The van der Waals surface area contributed by atoms with Gasteiger partial charge in [0.05, 0.1) is 15.9 Å². The number of halogens is 1. The maximum atomic E-state index is 12.2. The number of para-hydroxylation sites is 1. The SMILES string of the molecule is O=C(CC1Sc2ccccc2NC1=O)Nc1ccc(Cl)cc1[N+](=O)[O-]. The molecule has 0 bridgehead atoms. The lowest BCUT2D eigenvalue weighted by Gasteiger charge is -2.23. The first kappa shape index (κ1) is 17.2. The molecular formula is C16H12ClN3O4S. The summed E-state index contributed by atoms with van der Waals surface area (Å²) in [6, 6.07) is 11.3. The van der Waals surface area contributed by atoms with Gasteiger partial charge in [-0.2, -0.15) is 0 Å². The zero-order valence-electron chi connectivity index (χ0n) is 12.7. The highest BCUT2D eigenvalue weighted by atomic mass is 35.5. The molecule has 0 aliphatic carbocycles. The average molecular weight is 378 g/mol. The summed E-state index contributed by atoms with van der Waals surface area (Å²) in [6.07, 6.45) is -0.107. The molecule has 2 aromatic carbocycles. The number of fused-ring (bicyclic) bond motifs is 1. The van der Waals surface area contributed by atoms with Gasteiger partial charge < -0.3 is 10.6 Å². The second kappa shape index (κ2) is 7.12.